The number of amides is 1. The Hall–Kier alpha value is -1.64. The van der Waals surface area contributed by atoms with E-state index in [0.29, 0.717) is 0 Å². The van der Waals surface area contributed by atoms with Crippen LogP contribution in [-0.4, -0.2) is 10.9 Å². The minimum Gasteiger partial charge on any atom is -0.369 e. The van der Waals surface area contributed by atoms with Crippen molar-refractivity contribution in [1.82, 2.24) is 4.98 Å². The molecule has 0 bridgehead atoms. The number of nitrogens with two attached hydrogens (primary N) is 1. The summed E-state index contributed by atoms with van der Waals surface area (Å²) in [4.78, 5) is 15.7. The van der Waals surface area contributed by atoms with Crippen LogP contribution >= 0.6 is 0 Å². The third kappa shape index (κ3) is 11.1. The fourth-order valence-electron chi connectivity index (χ4n) is 3.31. The minimum absolute atomic E-state index is 0.171. The second kappa shape index (κ2) is 15.6. The molecule has 3 nitrogen and oxygen atoms in total. The number of pyridine rings is 1. The molecule has 1 heterocycles. The monoisotopic (exact) mass is 358 g/mol. The van der Waals surface area contributed by atoms with Crippen LogP contribution in [0.2, 0.25) is 0 Å². The van der Waals surface area contributed by atoms with Crippen LogP contribution in [0.4, 0.5) is 0 Å². The maximum Gasteiger partial charge on any atom is 0.224 e. The molecule has 1 rings (SSSR count). The summed E-state index contributed by atoms with van der Waals surface area (Å²) < 4.78 is 0. The Labute approximate surface area is 160 Å². The highest BCUT2D eigenvalue weighted by Gasteiger charge is 2.16. The van der Waals surface area contributed by atoms with E-state index < -0.39 is 0 Å². The Balaban J connectivity index is 2.00. The average molecular weight is 359 g/mol. The quantitative estimate of drug-likeness (QED) is 0.278. The van der Waals surface area contributed by atoms with E-state index in [2.05, 4.69) is 24.1 Å². The summed E-state index contributed by atoms with van der Waals surface area (Å²) in [5.74, 6) is -0.399. The Morgan fingerprint density at radius 1 is 0.923 bits per heavy atom. The second-order valence-corrected chi connectivity index (χ2v) is 7.25. The number of aromatic nitrogens is 1. The molecule has 0 aliphatic rings. The van der Waals surface area contributed by atoms with E-state index in [4.69, 9.17) is 5.73 Å². The molecule has 26 heavy (non-hydrogen) atoms. The van der Waals surface area contributed by atoms with Crippen molar-refractivity contribution in [2.24, 2.45) is 5.73 Å². The second-order valence-electron chi connectivity index (χ2n) is 7.25. The predicted molar refractivity (Wildman–Crippen MR) is 111 cm³/mol. The zero-order chi connectivity index (χ0) is 18.9. The molecule has 0 fully saturated rings. The number of carbonyl (C=O) groups excluding carboxylic acids is 1. The Bertz CT molecular complexity index is 484. The van der Waals surface area contributed by atoms with Gasteiger partial charge < -0.3 is 5.73 Å². The number of primary amides is 1. The lowest BCUT2D eigenvalue weighted by molar-refractivity contribution is -0.119. The SMILES string of the molecule is CCCCCCCCC=CCCCCCCC(C(N)=O)c1ccncc1. The Morgan fingerprint density at radius 2 is 1.46 bits per heavy atom. The zero-order valence-corrected chi connectivity index (χ0v) is 16.7. The molecule has 1 aromatic rings. The Morgan fingerprint density at radius 3 is 2.04 bits per heavy atom. The normalized spacial score (nSPS) is 12.5. The van der Waals surface area contributed by atoms with Crippen molar-refractivity contribution in [3.8, 4) is 0 Å². The van der Waals surface area contributed by atoms with Gasteiger partial charge in [0, 0.05) is 12.4 Å². The summed E-state index contributed by atoms with van der Waals surface area (Å²) in [6, 6.07) is 3.79. The van der Waals surface area contributed by atoms with E-state index in [1.54, 1.807) is 12.4 Å². The molecular formula is C23H38N2O. The van der Waals surface area contributed by atoms with E-state index in [9.17, 15) is 4.79 Å². The molecule has 0 aliphatic heterocycles. The van der Waals surface area contributed by atoms with Gasteiger partial charge in [0.25, 0.3) is 0 Å². The molecule has 1 aromatic heterocycles. The molecule has 1 atom stereocenters. The number of rotatable bonds is 16. The van der Waals surface area contributed by atoms with Crippen LogP contribution in [0.5, 0.6) is 0 Å². The van der Waals surface area contributed by atoms with Gasteiger partial charge >= 0.3 is 0 Å². The summed E-state index contributed by atoms with van der Waals surface area (Å²) in [6.07, 6.45) is 24.3. The standard InChI is InChI=1S/C23H38N2O/c1-2-3-4-5-6-7-8-9-10-11-12-13-14-15-16-22(23(24)26)21-17-19-25-20-18-21/h9-10,17-20,22H,2-8,11-16H2,1H3,(H2,24,26). The fourth-order valence-corrected chi connectivity index (χ4v) is 3.31. The predicted octanol–water partition coefficient (Wildman–Crippen LogP) is 6.30. The number of hydrogen-bond acceptors (Lipinski definition) is 2. The van der Waals surface area contributed by atoms with E-state index >= 15 is 0 Å². The van der Waals surface area contributed by atoms with Crippen molar-refractivity contribution in [2.45, 2.75) is 96.3 Å². The topological polar surface area (TPSA) is 56.0 Å². The van der Waals surface area contributed by atoms with Crippen LogP contribution in [0.1, 0.15) is 102 Å². The van der Waals surface area contributed by atoms with Crippen LogP contribution in [0.15, 0.2) is 36.7 Å². The molecule has 0 aliphatic carbocycles. The molecule has 3 heteroatoms. The summed E-state index contributed by atoms with van der Waals surface area (Å²) >= 11 is 0. The summed E-state index contributed by atoms with van der Waals surface area (Å²) in [5.41, 5.74) is 6.55. The van der Waals surface area contributed by atoms with Gasteiger partial charge in [-0.1, -0.05) is 70.4 Å². The third-order valence-electron chi connectivity index (χ3n) is 4.96. The van der Waals surface area contributed by atoms with Gasteiger partial charge in [0.15, 0.2) is 0 Å². The smallest absolute Gasteiger partial charge is 0.224 e. The van der Waals surface area contributed by atoms with Gasteiger partial charge in [0.05, 0.1) is 5.92 Å². The number of allylic oxidation sites excluding steroid dienone is 2. The van der Waals surface area contributed by atoms with Crippen molar-refractivity contribution in [3.63, 3.8) is 0 Å². The largest absolute Gasteiger partial charge is 0.369 e. The van der Waals surface area contributed by atoms with Crippen LogP contribution in [0.25, 0.3) is 0 Å². The van der Waals surface area contributed by atoms with Crippen LogP contribution in [0.3, 0.4) is 0 Å². The molecule has 0 radical (unpaired) electrons. The van der Waals surface area contributed by atoms with Gasteiger partial charge in [-0.2, -0.15) is 0 Å². The van der Waals surface area contributed by atoms with Crippen molar-refractivity contribution < 1.29 is 4.79 Å². The van der Waals surface area contributed by atoms with E-state index in [-0.39, 0.29) is 11.8 Å². The van der Waals surface area contributed by atoms with E-state index in [1.807, 2.05) is 12.1 Å². The lowest BCUT2D eigenvalue weighted by Gasteiger charge is -2.13. The van der Waals surface area contributed by atoms with Gasteiger partial charge in [-0.05, 0) is 49.8 Å². The fraction of sp³-hybridized carbons (Fsp3) is 0.652. The van der Waals surface area contributed by atoms with Crippen LogP contribution < -0.4 is 5.73 Å². The maximum absolute atomic E-state index is 11.7. The molecular weight excluding hydrogens is 320 g/mol. The molecule has 0 saturated heterocycles. The van der Waals surface area contributed by atoms with Crippen molar-refractivity contribution >= 4 is 5.91 Å². The highest BCUT2D eigenvalue weighted by Crippen LogP contribution is 2.22. The van der Waals surface area contributed by atoms with E-state index in [0.717, 1.165) is 18.4 Å². The van der Waals surface area contributed by atoms with Crippen LogP contribution in [-0.2, 0) is 4.79 Å². The molecule has 146 valence electrons. The van der Waals surface area contributed by atoms with Crippen molar-refractivity contribution in [2.75, 3.05) is 0 Å². The van der Waals surface area contributed by atoms with Crippen LogP contribution in [0, 0.1) is 0 Å². The summed E-state index contributed by atoms with van der Waals surface area (Å²) in [5, 5.41) is 0. The van der Waals surface area contributed by atoms with Gasteiger partial charge in [-0.15, -0.1) is 0 Å². The summed E-state index contributed by atoms with van der Waals surface area (Å²) in [6.45, 7) is 2.26. The molecule has 1 amide bonds. The summed E-state index contributed by atoms with van der Waals surface area (Å²) in [7, 11) is 0. The number of hydrogen-bond donors (Lipinski definition) is 1. The highest BCUT2D eigenvalue weighted by molar-refractivity contribution is 5.81. The van der Waals surface area contributed by atoms with Gasteiger partial charge in [0.2, 0.25) is 5.91 Å². The highest BCUT2D eigenvalue weighted by atomic mass is 16.1. The Kier molecular flexibility index (Phi) is 13.4. The first-order valence-corrected chi connectivity index (χ1v) is 10.6. The van der Waals surface area contributed by atoms with Crippen molar-refractivity contribution in [1.29, 1.82) is 0 Å². The first kappa shape index (κ1) is 22.4. The molecule has 0 spiro atoms. The zero-order valence-electron chi connectivity index (χ0n) is 16.7. The van der Waals surface area contributed by atoms with Crippen molar-refractivity contribution in [3.05, 3.63) is 42.2 Å². The minimum atomic E-state index is -0.228. The molecule has 0 aromatic carbocycles. The molecule has 0 saturated carbocycles. The lowest BCUT2D eigenvalue weighted by Crippen LogP contribution is -2.21. The van der Waals surface area contributed by atoms with Gasteiger partial charge in [0.1, 0.15) is 0 Å². The first-order chi connectivity index (χ1) is 12.8. The maximum atomic E-state index is 11.7. The third-order valence-corrected chi connectivity index (χ3v) is 4.96. The molecule has 2 N–H and O–H groups in total. The first-order valence-electron chi connectivity index (χ1n) is 10.6. The van der Waals surface area contributed by atoms with Gasteiger partial charge in [-0.3, -0.25) is 9.78 Å². The van der Waals surface area contributed by atoms with Gasteiger partial charge in [-0.25, -0.2) is 0 Å². The average Bonchev–Trinajstić information content (AvgIpc) is 2.65. The van der Waals surface area contributed by atoms with E-state index in [1.165, 1.54) is 70.6 Å². The molecule has 1 unspecified atom stereocenters. The number of unbranched alkanes of at least 4 members (excludes halogenated alkanes) is 10. The lowest BCUT2D eigenvalue weighted by atomic mass is 9.93. The number of nitrogens with zero attached hydrogens (tertiary/aromatic N) is 1. The number of carbonyl (C=O) groups is 1.